The summed E-state index contributed by atoms with van der Waals surface area (Å²) in [5.41, 5.74) is 2.06. The van der Waals surface area contributed by atoms with Gasteiger partial charge in [0.25, 0.3) is 0 Å². The van der Waals surface area contributed by atoms with E-state index in [4.69, 9.17) is 14.6 Å². The number of benzene rings is 1. The minimum atomic E-state index is -0.370. The van der Waals surface area contributed by atoms with Gasteiger partial charge in [0.1, 0.15) is 0 Å². The Bertz CT molecular complexity index is 842. The number of esters is 1. The van der Waals surface area contributed by atoms with E-state index in [-0.39, 0.29) is 25.0 Å². The number of aryl methyl sites for hydroxylation is 1. The molecule has 0 saturated carbocycles. The number of nitrogens with zero attached hydrogens (tertiary/aromatic N) is 4. The van der Waals surface area contributed by atoms with Gasteiger partial charge in [-0.1, -0.05) is 29.8 Å². The first-order chi connectivity index (χ1) is 15.1. The third kappa shape index (κ3) is 6.76. The van der Waals surface area contributed by atoms with E-state index >= 15 is 0 Å². The van der Waals surface area contributed by atoms with Crippen LogP contribution in [0.2, 0.25) is 0 Å². The maximum Gasteiger partial charge on any atom is 0.308 e. The van der Waals surface area contributed by atoms with E-state index in [1.165, 1.54) is 0 Å². The number of nitrogens with one attached hydrogen (secondary N) is 2. The molecule has 2 heterocycles. The summed E-state index contributed by atoms with van der Waals surface area (Å²) in [5.74, 6) is 0.903. The second-order valence-electron chi connectivity index (χ2n) is 7.15. The molecule has 10 nitrogen and oxygen atoms in total. The zero-order chi connectivity index (χ0) is 22.1. The molecule has 0 unspecified atom stereocenters. The van der Waals surface area contributed by atoms with Gasteiger partial charge in [0.05, 0.1) is 38.9 Å². The molecule has 31 heavy (non-hydrogen) atoms. The number of aliphatic hydroxyl groups excluding tert-OH is 1. The summed E-state index contributed by atoms with van der Waals surface area (Å²) in [6.07, 6.45) is 0.134. The van der Waals surface area contributed by atoms with Crippen LogP contribution in [0.25, 0.3) is 0 Å². The summed E-state index contributed by atoms with van der Waals surface area (Å²) in [5, 5.41) is 15.4. The largest absolute Gasteiger partial charge is 0.466 e. The van der Waals surface area contributed by atoms with Crippen molar-refractivity contribution in [3.05, 3.63) is 35.4 Å². The lowest BCUT2D eigenvalue weighted by Gasteiger charge is -2.27. The van der Waals surface area contributed by atoms with E-state index in [0.717, 1.165) is 11.1 Å². The van der Waals surface area contributed by atoms with Crippen LogP contribution in [-0.2, 0) is 14.3 Å². The van der Waals surface area contributed by atoms with Crippen molar-refractivity contribution >= 4 is 23.8 Å². The molecular weight excluding hydrogens is 400 g/mol. The Labute approximate surface area is 182 Å². The van der Waals surface area contributed by atoms with Crippen molar-refractivity contribution in [2.24, 2.45) is 0 Å². The molecule has 3 rings (SSSR count). The lowest BCUT2D eigenvalue weighted by Crippen LogP contribution is -2.37. The Morgan fingerprint density at radius 3 is 2.58 bits per heavy atom. The Morgan fingerprint density at radius 1 is 1.19 bits per heavy atom. The van der Waals surface area contributed by atoms with Crippen molar-refractivity contribution in [1.29, 1.82) is 0 Å². The van der Waals surface area contributed by atoms with Gasteiger partial charge in [-0.25, -0.2) is 0 Å². The molecule has 1 atom stereocenters. The topological polar surface area (TPSA) is 122 Å². The number of aliphatic hydroxyl groups is 1. The van der Waals surface area contributed by atoms with Crippen LogP contribution in [0, 0.1) is 6.92 Å². The lowest BCUT2D eigenvalue weighted by atomic mass is 10.0. The van der Waals surface area contributed by atoms with Crippen LogP contribution in [0.4, 0.5) is 17.8 Å². The molecule has 1 fully saturated rings. The zero-order valence-corrected chi connectivity index (χ0v) is 18.0. The number of aromatic nitrogens is 3. The first-order valence-electron chi connectivity index (χ1n) is 10.5. The summed E-state index contributed by atoms with van der Waals surface area (Å²) in [4.78, 5) is 27.7. The molecular formula is C21H30N6O4. The Morgan fingerprint density at radius 2 is 1.90 bits per heavy atom. The highest BCUT2D eigenvalue weighted by Crippen LogP contribution is 2.24. The Balaban J connectivity index is 1.88. The normalized spacial score (nSPS) is 14.7. The summed E-state index contributed by atoms with van der Waals surface area (Å²) < 4.78 is 10.6. The predicted molar refractivity (Wildman–Crippen MR) is 117 cm³/mol. The van der Waals surface area contributed by atoms with Gasteiger partial charge in [-0.3, -0.25) is 4.79 Å². The number of carbonyl (C=O) groups is 1. The first-order valence-corrected chi connectivity index (χ1v) is 10.5. The van der Waals surface area contributed by atoms with Crippen molar-refractivity contribution in [2.45, 2.75) is 26.3 Å². The number of hydrogen-bond acceptors (Lipinski definition) is 10. The molecule has 1 aliphatic heterocycles. The maximum absolute atomic E-state index is 12.2. The smallest absolute Gasteiger partial charge is 0.308 e. The molecule has 0 radical (unpaired) electrons. The molecule has 0 aliphatic carbocycles. The van der Waals surface area contributed by atoms with Gasteiger partial charge in [-0.15, -0.1) is 0 Å². The van der Waals surface area contributed by atoms with Gasteiger partial charge < -0.3 is 30.1 Å². The fourth-order valence-corrected chi connectivity index (χ4v) is 3.17. The highest BCUT2D eigenvalue weighted by atomic mass is 16.5. The van der Waals surface area contributed by atoms with E-state index < -0.39 is 0 Å². The number of hydrogen-bond donors (Lipinski definition) is 3. The standard InChI is InChI=1S/C21H30N6O4/c1-3-31-18(29)14-17(16-6-4-15(2)5-7-16)23-20-24-19(22-8-11-28)25-21(26-20)27-9-12-30-13-10-27/h4-7,17,28H,3,8-14H2,1-2H3,(H2,22,23,24,25,26)/t17-/m0/s1. The minimum absolute atomic E-state index is 0.0455. The molecule has 0 bridgehead atoms. The predicted octanol–water partition coefficient (Wildman–Crippen LogP) is 1.53. The van der Waals surface area contributed by atoms with Crippen molar-refractivity contribution in [3.8, 4) is 0 Å². The quantitative estimate of drug-likeness (QED) is 0.478. The van der Waals surface area contributed by atoms with Crippen LogP contribution >= 0.6 is 0 Å². The van der Waals surface area contributed by atoms with E-state index in [1.807, 2.05) is 36.1 Å². The Kier molecular flexibility index (Phi) is 8.36. The van der Waals surface area contributed by atoms with Crippen LogP contribution in [0.5, 0.6) is 0 Å². The third-order valence-electron chi connectivity index (χ3n) is 4.77. The second kappa shape index (κ2) is 11.4. The van der Waals surface area contributed by atoms with Gasteiger partial charge in [-0.05, 0) is 19.4 Å². The van der Waals surface area contributed by atoms with Gasteiger partial charge in [-0.2, -0.15) is 15.0 Å². The van der Waals surface area contributed by atoms with Crippen molar-refractivity contribution in [2.75, 3.05) is 61.6 Å². The number of morpholine rings is 1. The molecule has 1 aromatic carbocycles. The fraction of sp³-hybridized carbons (Fsp3) is 0.524. The van der Waals surface area contributed by atoms with Gasteiger partial charge in [0.15, 0.2) is 0 Å². The highest BCUT2D eigenvalue weighted by Gasteiger charge is 2.21. The zero-order valence-electron chi connectivity index (χ0n) is 18.0. The molecule has 1 saturated heterocycles. The second-order valence-corrected chi connectivity index (χ2v) is 7.15. The van der Waals surface area contributed by atoms with Crippen LogP contribution in [0.1, 0.15) is 30.5 Å². The molecule has 10 heteroatoms. The first kappa shape index (κ1) is 22.7. The monoisotopic (exact) mass is 430 g/mol. The average Bonchev–Trinajstić information content (AvgIpc) is 2.78. The number of anilines is 3. The van der Waals surface area contributed by atoms with E-state index in [2.05, 4.69) is 25.6 Å². The molecule has 0 spiro atoms. The molecule has 3 N–H and O–H groups in total. The van der Waals surface area contributed by atoms with Crippen LogP contribution in [-0.4, -0.2) is 72.1 Å². The summed E-state index contributed by atoms with van der Waals surface area (Å²) in [7, 11) is 0. The summed E-state index contributed by atoms with van der Waals surface area (Å²) in [6, 6.07) is 7.57. The number of rotatable bonds is 10. The van der Waals surface area contributed by atoms with Crippen LogP contribution in [0.3, 0.4) is 0 Å². The fourth-order valence-electron chi connectivity index (χ4n) is 3.17. The van der Waals surface area contributed by atoms with Crippen molar-refractivity contribution in [1.82, 2.24) is 15.0 Å². The number of ether oxygens (including phenoxy) is 2. The maximum atomic E-state index is 12.2. The van der Waals surface area contributed by atoms with Gasteiger partial charge in [0, 0.05) is 19.6 Å². The van der Waals surface area contributed by atoms with Gasteiger partial charge in [0.2, 0.25) is 17.8 Å². The summed E-state index contributed by atoms with van der Waals surface area (Å²) in [6.45, 7) is 6.93. The molecule has 1 aliphatic rings. The average molecular weight is 431 g/mol. The van der Waals surface area contributed by atoms with E-state index in [1.54, 1.807) is 6.92 Å². The molecule has 168 valence electrons. The SMILES string of the molecule is CCOC(=O)C[C@H](Nc1nc(NCCO)nc(N2CCOCC2)n1)c1ccc(C)cc1. The van der Waals surface area contributed by atoms with Crippen LogP contribution in [0.15, 0.2) is 24.3 Å². The van der Waals surface area contributed by atoms with Gasteiger partial charge >= 0.3 is 5.97 Å². The van der Waals surface area contributed by atoms with E-state index in [9.17, 15) is 4.79 Å². The van der Waals surface area contributed by atoms with Crippen LogP contribution < -0.4 is 15.5 Å². The molecule has 0 amide bonds. The Hall–Kier alpha value is -2.98. The van der Waals surface area contributed by atoms with Crippen molar-refractivity contribution < 1.29 is 19.4 Å². The molecule has 2 aromatic rings. The number of carbonyl (C=O) groups excluding carboxylic acids is 1. The molecule has 1 aromatic heterocycles. The lowest BCUT2D eigenvalue weighted by molar-refractivity contribution is -0.143. The third-order valence-corrected chi connectivity index (χ3v) is 4.77. The van der Waals surface area contributed by atoms with E-state index in [0.29, 0.717) is 57.3 Å². The summed E-state index contributed by atoms with van der Waals surface area (Å²) >= 11 is 0. The highest BCUT2D eigenvalue weighted by molar-refractivity contribution is 5.71. The minimum Gasteiger partial charge on any atom is -0.466 e. The van der Waals surface area contributed by atoms with Crippen molar-refractivity contribution in [3.63, 3.8) is 0 Å².